The Kier molecular flexibility index (Phi) is 4.55. The number of fused-ring (bicyclic) bond motifs is 8. The number of nitriles is 1. The van der Waals surface area contributed by atoms with E-state index in [9.17, 15) is 0 Å². The molecule has 0 saturated carbocycles. The van der Waals surface area contributed by atoms with Crippen LogP contribution in [0.2, 0.25) is 0 Å². The van der Waals surface area contributed by atoms with Gasteiger partial charge in [0.05, 0.1) is 22.8 Å². The van der Waals surface area contributed by atoms with Gasteiger partial charge in [-0.25, -0.2) is 4.98 Å². The van der Waals surface area contributed by atoms with Crippen LogP contribution in [0.5, 0.6) is 0 Å². The monoisotopic (exact) mass is 456 g/mol. The summed E-state index contributed by atoms with van der Waals surface area (Å²) < 4.78 is 0. The molecule has 0 aliphatic carbocycles. The minimum Gasteiger partial charge on any atom is -0.246 e. The molecule has 166 valence electrons. The van der Waals surface area contributed by atoms with E-state index in [1.165, 1.54) is 32.3 Å². The van der Waals surface area contributed by atoms with Gasteiger partial charge >= 0.3 is 0 Å². The maximum absolute atomic E-state index is 9.09. The van der Waals surface area contributed by atoms with Crippen LogP contribution in [0.3, 0.4) is 0 Å². The van der Waals surface area contributed by atoms with Gasteiger partial charge in [-0.15, -0.1) is 0 Å². The Hall–Kier alpha value is -5.00. The summed E-state index contributed by atoms with van der Waals surface area (Å²) in [5.74, 6) is 0. The van der Waals surface area contributed by atoms with Crippen molar-refractivity contribution in [1.82, 2.24) is 4.98 Å². The molecule has 0 bridgehead atoms. The van der Waals surface area contributed by atoms with E-state index in [0.717, 1.165) is 33.3 Å². The molecule has 0 saturated heterocycles. The van der Waals surface area contributed by atoms with Gasteiger partial charge in [0.1, 0.15) is 0 Å². The summed E-state index contributed by atoms with van der Waals surface area (Å²) in [6, 6.07) is 44.3. The second kappa shape index (κ2) is 8.05. The van der Waals surface area contributed by atoms with Crippen LogP contribution in [0.4, 0.5) is 0 Å². The summed E-state index contributed by atoms with van der Waals surface area (Å²) >= 11 is 0. The van der Waals surface area contributed by atoms with Crippen LogP contribution in [-0.2, 0) is 0 Å². The second-order valence-electron chi connectivity index (χ2n) is 9.09. The average molecular weight is 457 g/mol. The molecular formula is C34H20N2. The third-order valence-corrected chi connectivity index (χ3v) is 7.09. The summed E-state index contributed by atoms with van der Waals surface area (Å²) in [6.45, 7) is 0. The van der Waals surface area contributed by atoms with E-state index in [4.69, 9.17) is 10.2 Å². The average Bonchev–Trinajstić information content (AvgIpc) is 2.97. The lowest BCUT2D eigenvalue weighted by atomic mass is 9.92. The normalized spacial score (nSPS) is 11.3. The molecule has 0 unspecified atom stereocenters. The van der Waals surface area contributed by atoms with Crippen molar-refractivity contribution in [3.63, 3.8) is 0 Å². The van der Waals surface area contributed by atoms with Crippen LogP contribution < -0.4 is 0 Å². The molecule has 7 aromatic rings. The molecule has 2 nitrogen and oxygen atoms in total. The number of aromatic nitrogens is 1. The topological polar surface area (TPSA) is 36.7 Å². The summed E-state index contributed by atoms with van der Waals surface area (Å²) in [7, 11) is 0. The van der Waals surface area contributed by atoms with E-state index < -0.39 is 0 Å². The molecule has 1 heterocycles. The van der Waals surface area contributed by atoms with Gasteiger partial charge in [-0.2, -0.15) is 5.26 Å². The number of hydrogen-bond donors (Lipinski definition) is 0. The fraction of sp³-hybridized carbons (Fsp3) is 0. The van der Waals surface area contributed by atoms with E-state index in [-0.39, 0.29) is 0 Å². The smallest absolute Gasteiger partial charge is 0.0991 e. The van der Waals surface area contributed by atoms with Crippen molar-refractivity contribution in [2.45, 2.75) is 0 Å². The Labute approximate surface area is 208 Å². The van der Waals surface area contributed by atoms with Gasteiger partial charge in [0.15, 0.2) is 0 Å². The zero-order valence-electron chi connectivity index (χ0n) is 19.4. The van der Waals surface area contributed by atoms with Gasteiger partial charge in [0.25, 0.3) is 0 Å². The first-order chi connectivity index (χ1) is 17.8. The second-order valence-corrected chi connectivity index (χ2v) is 9.09. The highest BCUT2D eigenvalue weighted by atomic mass is 14.7. The van der Waals surface area contributed by atoms with Crippen molar-refractivity contribution in [3.8, 4) is 28.5 Å². The predicted octanol–water partition coefficient (Wildman–Crippen LogP) is 8.90. The molecule has 0 spiro atoms. The maximum atomic E-state index is 9.09. The zero-order chi connectivity index (χ0) is 24.1. The third-order valence-electron chi connectivity index (χ3n) is 7.09. The van der Waals surface area contributed by atoms with E-state index in [2.05, 4.69) is 103 Å². The highest BCUT2D eigenvalue weighted by Gasteiger charge is 2.16. The van der Waals surface area contributed by atoms with Crippen molar-refractivity contribution < 1.29 is 0 Å². The highest BCUT2D eigenvalue weighted by Crippen LogP contribution is 2.40. The van der Waals surface area contributed by atoms with E-state index in [0.29, 0.717) is 5.56 Å². The van der Waals surface area contributed by atoms with Crippen molar-refractivity contribution in [2.75, 3.05) is 0 Å². The molecule has 7 rings (SSSR count). The first kappa shape index (κ1) is 20.4. The summed E-state index contributed by atoms with van der Waals surface area (Å²) in [4.78, 5) is 5.34. The van der Waals surface area contributed by atoms with Crippen LogP contribution in [-0.4, -0.2) is 4.98 Å². The molecule has 36 heavy (non-hydrogen) atoms. The molecule has 0 aliphatic heterocycles. The molecule has 2 heteroatoms. The Morgan fingerprint density at radius 3 is 1.50 bits per heavy atom. The Balaban J connectivity index is 1.51. The molecule has 0 N–H and O–H groups in total. The van der Waals surface area contributed by atoms with Crippen molar-refractivity contribution in [2.24, 2.45) is 0 Å². The largest absolute Gasteiger partial charge is 0.246 e. The van der Waals surface area contributed by atoms with Crippen molar-refractivity contribution in [1.29, 1.82) is 5.26 Å². The SMILES string of the molecule is N#Cc1ccc(-c2ccc(-c3nc4c5ccccc5c5ccccc5c4c4ccccc34)cc2)cc1. The van der Waals surface area contributed by atoms with Gasteiger partial charge < -0.3 is 0 Å². The number of benzene rings is 6. The Morgan fingerprint density at radius 1 is 0.444 bits per heavy atom. The Morgan fingerprint density at radius 2 is 0.889 bits per heavy atom. The lowest BCUT2D eigenvalue weighted by molar-refractivity contribution is 1.44. The number of nitrogens with zero attached hydrogens (tertiary/aromatic N) is 2. The first-order valence-corrected chi connectivity index (χ1v) is 12.0. The fourth-order valence-electron chi connectivity index (χ4n) is 5.37. The van der Waals surface area contributed by atoms with Gasteiger partial charge in [-0.3, -0.25) is 0 Å². The molecule has 1 aromatic heterocycles. The minimum absolute atomic E-state index is 0.668. The van der Waals surface area contributed by atoms with Crippen LogP contribution in [0.15, 0.2) is 121 Å². The zero-order valence-corrected chi connectivity index (χ0v) is 19.4. The summed E-state index contributed by atoms with van der Waals surface area (Å²) in [5, 5.41) is 17.6. The highest BCUT2D eigenvalue weighted by molar-refractivity contribution is 6.31. The molecule has 0 aliphatic rings. The lowest BCUT2D eigenvalue weighted by Gasteiger charge is -2.15. The quantitative estimate of drug-likeness (QED) is 0.244. The van der Waals surface area contributed by atoms with Gasteiger partial charge in [-0.05, 0) is 44.8 Å². The Bertz CT molecular complexity index is 1980. The first-order valence-electron chi connectivity index (χ1n) is 12.0. The number of hydrogen-bond acceptors (Lipinski definition) is 2. The molecule has 6 aromatic carbocycles. The van der Waals surface area contributed by atoms with Gasteiger partial charge in [0.2, 0.25) is 0 Å². The number of rotatable bonds is 2. The molecule has 0 radical (unpaired) electrons. The molecule has 0 amide bonds. The molecule has 0 fully saturated rings. The van der Waals surface area contributed by atoms with Crippen molar-refractivity contribution in [3.05, 3.63) is 127 Å². The van der Waals surface area contributed by atoms with Crippen LogP contribution in [0.1, 0.15) is 5.56 Å². The fourth-order valence-corrected chi connectivity index (χ4v) is 5.37. The minimum atomic E-state index is 0.668. The lowest BCUT2D eigenvalue weighted by Crippen LogP contribution is -1.92. The van der Waals surface area contributed by atoms with Crippen molar-refractivity contribution >= 4 is 43.2 Å². The van der Waals surface area contributed by atoms with Gasteiger partial charge in [-0.1, -0.05) is 109 Å². The number of pyridine rings is 1. The van der Waals surface area contributed by atoms with E-state index in [1.54, 1.807) is 0 Å². The maximum Gasteiger partial charge on any atom is 0.0991 e. The standard InChI is InChI=1S/C34H20N2/c35-21-22-13-15-23(16-14-22)24-17-19-25(20-18-24)33-31-12-6-4-10-29(31)32-28-9-3-1-7-26(28)27-8-2-5-11-30(27)34(32)36-33/h1-20H. The van der Waals surface area contributed by atoms with E-state index >= 15 is 0 Å². The molecule has 0 atom stereocenters. The molecular weight excluding hydrogens is 436 g/mol. The third kappa shape index (κ3) is 3.07. The van der Waals surface area contributed by atoms with Crippen LogP contribution in [0, 0.1) is 11.3 Å². The summed E-state index contributed by atoms with van der Waals surface area (Å²) in [6.07, 6.45) is 0. The van der Waals surface area contributed by atoms with Crippen LogP contribution >= 0.6 is 0 Å². The predicted molar refractivity (Wildman–Crippen MR) is 150 cm³/mol. The van der Waals surface area contributed by atoms with Gasteiger partial charge in [0, 0.05) is 21.7 Å². The summed E-state index contributed by atoms with van der Waals surface area (Å²) in [5.41, 5.74) is 5.99. The van der Waals surface area contributed by atoms with E-state index in [1.807, 2.05) is 24.3 Å². The van der Waals surface area contributed by atoms with Crippen LogP contribution in [0.25, 0.3) is 65.6 Å².